The highest BCUT2D eigenvalue weighted by molar-refractivity contribution is 5.79. The van der Waals surface area contributed by atoms with Crippen molar-refractivity contribution in [3.8, 4) is 5.75 Å². The second kappa shape index (κ2) is 3.45. The van der Waals surface area contributed by atoms with Crippen LogP contribution in [-0.4, -0.2) is 4.92 Å². The average molecular weight is 204 g/mol. The van der Waals surface area contributed by atoms with Crippen LogP contribution in [0.2, 0.25) is 0 Å². The van der Waals surface area contributed by atoms with Gasteiger partial charge in [0.05, 0.1) is 10.5 Å². The first-order chi connectivity index (χ1) is 7.16. The number of nitrogens with zero attached hydrogens (tertiary/aromatic N) is 1. The number of ether oxygens (including phenoxy) is 1. The normalized spacial score (nSPS) is 16.5. The standard InChI is InChI=1S/C10H8N2O3/c11-10-5-7(6-12(13)14)8-3-1-2-4-9(8)15-10/h1-6H,11H2. The number of fused-ring (bicyclic) bond motifs is 1. The van der Waals surface area contributed by atoms with Crippen molar-refractivity contribution in [3.63, 3.8) is 0 Å². The van der Waals surface area contributed by atoms with Crippen LogP contribution in [0.5, 0.6) is 5.75 Å². The first kappa shape index (κ1) is 9.26. The number of allylic oxidation sites excluding steroid dienone is 2. The molecule has 0 unspecified atom stereocenters. The van der Waals surface area contributed by atoms with Gasteiger partial charge < -0.3 is 10.5 Å². The fourth-order valence-electron chi connectivity index (χ4n) is 1.40. The Morgan fingerprint density at radius 2 is 2.13 bits per heavy atom. The Balaban J connectivity index is 2.55. The number of nitro groups is 1. The van der Waals surface area contributed by atoms with Crippen LogP contribution in [-0.2, 0) is 0 Å². The molecular weight excluding hydrogens is 196 g/mol. The molecule has 76 valence electrons. The Hall–Kier alpha value is -2.30. The van der Waals surface area contributed by atoms with Crippen LogP contribution >= 0.6 is 0 Å². The van der Waals surface area contributed by atoms with E-state index < -0.39 is 4.92 Å². The molecule has 1 aromatic carbocycles. The Kier molecular flexibility index (Phi) is 2.13. The van der Waals surface area contributed by atoms with Gasteiger partial charge in [0.2, 0.25) is 6.20 Å². The van der Waals surface area contributed by atoms with Crippen molar-refractivity contribution < 1.29 is 9.66 Å². The molecule has 0 amide bonds. The zero-order chi connectivity index (χ0) is 10.8. The Morgan fingerprint density at radius 3 is 2.87 bits per heavy atom. The third-order valence-corrected chi connectivity index (χ3v) is 1.97. The van der Waals surface area contributed by atoms with E-state index in [0.29, 0.717) is 16.9 Å². The van der Waals surface area contributed by atoms with E-state index in [0.717, 1.165) is 6.20 Å². The number of hydrogen-bond donors (Lipinski definition) is 1. The molecule has 0 fully saturated rings. The van der Waals surface area contributed by atoms with E-state index in [2.05, 4.69) is 0 Å². The van der Waals surface area contributed by atoms with E-state index in [-0.39, 0.29) is 5.88 Å². The SMILES string of the molecule is NC1=CC(=C[N+](=O)[O-])c2ccccc2O1. The van der Waals surface area contributed by atoms with E-state index in [1.807, 2.05) is 0 Å². The quantitative estimate of drug-likeness (QED) is 0.555. The summed E-state index contributed by atoms with van der Waals surface area (Å²) in [6, 6.07) is 7.02. The molecule has 0 saturated carbocycles. The summed E-state index contributed by atoms with van der Waals surface area (Å²) in [5.41, 5.74) is 6.60. The second-order valence-electron chi connectivity index (χ2n) is 3.01. The summed E-state index contributed by atoms with van der Waals surface area (Å²) in [4.78, 5) is 9.89. The van der Waals surface area contributed by atoms with Crippen LogP contribution < -0.4 is 10.5 Å². The third kappa shape index (κ3) is 1.80. The number of para-hydroxylation sites is 1. The molecule has 2 rings (SSSR count). The van der Waals surface area contributed by atoms with Gasteiger partial charge in [-0.15, -0.1) is 0 Å². The molecular formula is C10H8N2O3. The van der Waals surface area contributed by atoms with Gasteiger partial charge in [0.25, 0.3) is 0 Å². The summed E-state index contributed by atoms with van der Waals surface area (Å²) < 4.78 is 5.22. The van der Waals surface area contributed by atoms with Crippen molar-refractivity contribution in [3.05, 3.63) is 58.1 Å². The molecule has 0 radical (unpaired) electrons. The fraction of sp³-hybridized carbons (Fsp3) is 0. The molecule has 1 aromatic rings. The maximum atomic E-state index is 10.4. The minimum atomic E-state index is -0.513. The Morgan fingerprint density at radius 1 is 1.40 bits per heavy atom. The molecule has 0 atom stereocenters. The zero-order valence-electron chi connectivity index (χ0n) is 7.71. The van der Waals surface area contributed by atoms with Gasteiger partial charge in [-0.1, -0.05) is 18.2 Å². The van der Waals surface area contributed by atoms with Crippen LogP contribution in [0.25, 0.3) is 5.57 Å². The van der Waals surface area contributed by atoms with Crippen LogP contribution in [0.3, 0.4) is 0 Å². The lowest BCUT2D eigenvalue weighted by Gasteiger charge is -2.15. The first-order valence-electron chi connectivity index (χ1n) is 4.26. The molecule has 1 heterocycles. The van der Waals surface area contributed by atoms with Gasteiger partial charge in [0.15, 0.2) is 5.88 Å². The van der Waals surface area contributed by atoms with E-state index in [1.54, 1.807) is 24.3 Å². The minimum Gasteiger partial charge on any atom is -0.441 e. The van der Waals surface area contributed by atoms with Crippen molar-refractivity contribution in [1.82, 2.24) is 0 Å². The van der Waals surface area contributed by atoms with Crippen LogP contribution in [0, 0.1) is 10.1 Å². The maximum Gasteiger partial charge on any atom is 0.242 e. The van der Waals surface area contributed by atoms with Crippen molar-refractivity contribution in [1.29, 1.82) is 0 Å². The van der Waals surface area contributed by atoms with Crippen molar-refractivity contribution in [2.24, 2.45) is 5.73 Å². The molecule has 0 spiro atoms. The molecule has 5 nitrogen and oxygen atoms in total. The van der Waals surface area contributed by atoms with Gasteiger partial charge in [-0.05, 0) is 6.07 Å². The van der Waals surface area contributed by atoms with Gasteiger partial charge in [-0.2, -0.15) is 0 Å². The first-order valence-corrected chi connectivity index (χ1v) is 4.26. The maximum absolute atomic E-state index is 10.4. The predicted molar refractivity (Wildman–Crippen MR) is 54.3 cm³/mol. The highest BCUT2D eigenvalue weighted by atomic mass is 16.6. The number of hydrogen-bond acceptors (Lipinski definition) is 4. The van der Waals surface area contributed by atoms with Gasteiger partial charge in [-0.3, -0.25) is 10.1 Å². The summed E-state index contributed by atoms with van der Waals surface area (Å²) in [6.07, 6.45) is 2.35. The van der Waals surface area contributed by atoms with Crippen LogP contribution in [0.1, 0.15) is 5.56 Å². The molecule has 1 aliphatic heterocycles. The summed E-state index contributed by atoms with van der Waals surface area (Å²) >= 11 is 0. The van der Waals surface area contributed by atoms with E-state index in [4.69, 9.17) is 10.5 Å². The molecule has 5 heteroatoms. The molecule has 0 saturated heterocycles. The van der Waals surface area contributed by atoms with Crippen molar-refractivity contribution in [2.75, 3.05) is 0 Å². The fourth-order valence-corrected chi connectivity index (χ4v) is 1.40. The van der Waals surface area contributed by atoms with Crippen LogP contribution in [0.4, 0.5) is 0 Å². The van der Waals surface area contributed by atoms with Crippen molar-refractivity contribution in [2.45, 2.75) is 0 Å². The summed E-state index contributed by atoms with van der Waals surface area (Å²) in [5, 5.41) is 10.4. The van der Waals surface area contributed by atoms with E-state index in [1.165, 1.54) is 6.08 Å². The highest BCUT2D eigenvalue weighted by Gasteiger charge is 2.16. The second-order valence-corrected chi connectivity index (χ2v) is 3.01. The van der Waals surface area contributed by atoms with Crippen molar-refractivity contribution >= 4 is 5.57 Å². The molecule has 1 aliphatic rings. The molecule has 0 aliphatic carbocycles. The lowest BCUT2D eigenvalue weighted by Crippen LogP contribution is -2.11. The van der Waals surface area contributed by atoms with Gasteiger partial charge in [-0.25, -0.2) is 0 Å². The third-order valence-electron chi connectivity index (χ3n) is 1.97. The van der Waals surface area contributed by atoms with Crippen LogP contribution in [0.15, 0.2) is 42.4 Å². The Bertz CT molecular complexity index is 477. The Labute approximate surface area is 85.6 Å². The zero-order valence-corrected chi connectivity index (χ0v) is 7.71. The van der Waals surface area contributed by atoms with Gasteiger partial charge in [0, 0.05) is 11.6 Å². The number of nitrogens with two attached hydrogens (primary N) is 1. The lowest BCUT2D eigenvalue weighted by atomic mass is 10.0. The summed E-state index contributed by atoms with van der Waals surface area (Å²) in [7, 11) is 0. The molecule has 2 N–H and O–H groups in total. The average Bonchev–Trinajstić information content (AvgIpc) is 2.16. The molecule has 15 heavy (non-hydrogen) atoms. The molecule has 0 aromatic heterocycles. The topological polar surface area (TPSA) is 78.4 Å². The van der Waals surface area contributed by atoms with Gasteiger partial charge >= 0.3 is 0 Å². The monoisotopic (exact) mass is 204 g/mol. The lowest BCUT2D eigenvalue weighted by molar-refractivity contribution is -0.401. The minimum absolute atomic E-state index is 0.154. The highest BCUT2D eigenvalue weighted by Crippen LogP contribution is 2.31. The van der Waals surface area contributed by atoms with E-state index >= 15 is 0 Å². The summed E-state index contributed by atoms with van der Waals surface area (Å²) in [6.45, 7) is 0. The summed E-state index contributed by atoms with van der Waals surface area (Å²) in [5.74, 6) is 0.687. The largest absolute Gasteiger partial charge is 0.441 e. The molecule has 0 bridgehead atoms. The predicted octanol–water partition coefficient (Wildman–Crippen LogP) is 1.50. The van der Waals surface area contributed by atoms with E-state index in [9.17, 15) is 10.1 Å². The number of rotatable bonds is 1. The van der Waals surface area contributed by atoms with Gasteiger partial charge in [0.1, 0.15) is 5.75 Å². The smallest absolute Gasteiger partial charge is 0.242 e. The number of benzene rings is 1.